The van der Waals surface area contributed by atoms with E-state index < -0.39 is 0 Å². The van der Waals surface area contributed by atoms with Crippen molar-refractivity contribution in [2.45, 2.75) is 37.3 Å². The van der Waals surface area contributed by atoms with Crippen LogP contribution in [0.25, 0.3) is 0 Å². The molecule has 3 heteroatoms. The number of nitrogens with two attached hydrogens (primary N) is 1. The maximum Gasteiger partial charge on any atom is 0.126 e. The molecule has 0 bridgehead atoms. The van der Waals surface area contributed by atoms with Crippen molar-refractivity contribution in [3.63, 3.8) is 0 Å². The monoisotopic (exact) mass is 343 g/mol. The standard InChI is InChI=1S/C18H18BrNO/c19-14-7-8-17-15(9-14)16(20)10-18(21-17)13-5-3-12(4-6-13)11-1-2-11/h3-9,11,16,18H,1-2,10,20H2. The van der Waals surface area contributed by atoms with Crippen LogP contribution in [0.15, 0.2) is 46.9 Å². The second-order valence-corrected chi connectivity index (χ2v) is 6.99. The van der Waals surface area contributed by atoms with Gasteiger partial charge in [0.05, 0.1) is 0 Å². The molecule has 0 radical (unpaired) electrons. The van der Waals surface area contributed by atoms with Gasteiger partial charge < -0.3 is 10.5 Å². The largest absolute Gasteiger partial charge is 0.485 e. The summed E-state index contributed by atoms with van der Waals surface area (Å²) in [6.45, 7) is 0. The first-order valence-electron chi connectivity index (χ1n) is 7.52. The fourth-order valence-corrected chi connectivity index (χ4v) is 3.46. The van der Waals surface area contributed by atoms with Crippen LogP contribution in [-0.4, -0.2) is 0 Å². The van der Waals surface area contributed by atoms with Crippen LogP contribution in [0.2, 0.25) is 0 Å². The lowest BCUT2D eigenvalue weighted by molar-refractivity contribution is 0.161. The number of fused-ring (bicyclic) bond motifs is 1. The van der Waals surface area contributed by atoms with Crippen molar-refractivity contribution in [1.29, 1.82) is 0 Å². The minimum atomic E-state index is 0.0272. The zero-order chi connectivity index (χ0) is 14.4. The van der Waals surface area contributed by atoms with E-state index >= 15 is 0 Å². The second kappa shape index (κ2) is 5.15. The molecule has 1 aliphatic carbocycles. The van der Waals surface area contributed by atoms with Crippen LogP contribution in [0.3, 0.4) is 0 Å². The molecule has 0 spiro atoms. The molecule has 2 aromatic carbocycles. The van der Waals surface area contributed by atoms with Crippen LogP contribution in [0.4, 0.5) is 0 Å². The minimum Gasteiger partial charge on any atom is -0.485 e. The smallest absolute Gasteiger partial charge is 0.126 e. The summed E-state index contributed by atoms with van der Waals surface area (Å²) < 4.78 is 7.21. The van der Waals surface area contributed by atoms with Gasteiger partial charge in [0.15, 0.2) is 0 Å². The molecule has 1 aliphatic heterocycles. The SMILES string of the molecule is NC1CC(c2ccc(C3CC3)cc2)Oc2ccc(Br)cc21. The third kappa shape index (κ3) is 2.60. The van der Waals surface area contributed by atoms with E-state index in [1.165, 1.54) is 24.0 Å². The Morgan fingerprint density at radius 1 is 1.00 bits per heavy atom. The molecule has 2 N–H and O–H groups in total. The molecular weight excluding hydrogens is 326 g/mol. The first kappa shape index (κ1) is 13.4. The maximum atomic E-state index is 6.33. The number of benzene rings is 2. The first-order chi connectivity index (χ1) is 10.2. The average molecular weight is 344 g/mol. The van der Waals surface area contributed by atoms with Crippen molar-refractivity contribution in [3.8, 4) is 5.75 Å². The molecule has 21 heavy (non-hydrogen) atoms. The molecule has 2 aliphatic rings. The molecular formula is C18H18BrNO. The fourth-order valence-electron chi connectivity index (χ4n) is 3.08. The summed E-state index contributed by atoms with van der Waals surface area (Å²) in [5, 5.41) is 0. The lowest BCUT2D eigenvalue weighted by Crippen LogP contribution is -2.24. The number of hydrogen-bond acceptors (Lipinski definition) is 2. The molecule has 2 unspecified atom stereocenters. The van der Waals surface area contributed by atoms with E-state index in [4.69, 9.17) is 10.5 Å². The summed E-state index contributed by atoms with van der Waals surface area (Å²) in [6, 6.07) is 15.0. The lowest BCUT2D eigenvalue weighted by atomic mass is 9.93. The van der Waals surface area contributed by atoms with Crippen LogP contribution in [0, 0.1) is 0 Å². The van der Waals surface area contributed by atoms with E-state index in [1.54, 1.807) is 0 Å². The molecule has 0 amide bonds. The van der Waals surface area contributed by atoms with Crippen molar-refractivity contribution < 1.29 is 4.74 Å². The van der Waals surface area contributed by atoms with Crippen molar-refractivity contribution in [1.82, 2.24) is 0 Å². The van der Waals surface area contributed by atoms with E-state index in [-0.39, 0.29) is 12.1 Å². The number of hydrogen-bond donors (Lipinski definition) is 1. The fraction of sp³-hybridized carbons (Fsp3) is 0.333. The molecule has 2 aromatic rings. The van der Waals surface area contributed by atoms with Crippen LogP contribution < -0.4 is 10.5 Å². The van der Waals surface area contributed by atoms with Gasteiger partial charge in [0.2, 0.25) is 0 Å². The van der Waals surface area contributed by atoms with Crippen molar-refractivity contribution >= 4 is 15.9 Å². The Labute approximate surface area is 133 Å². The lowest BCUT2D eigenvalue weighted by Gasteiger charge is -2.30. The van der Waals surface area contributed by atoms with Crippen LogP contribution in [0.1, 0.15) is 54.0 Å². The highest BCUT2D eigenvalue weighted by atomic mass is 79.9. The summed E-state index contributed by atoms with van der Waals surface area (Å²) in [5.41, 5.74) is 10.1. The zero-order valence-electron chi connectivity index (χ0n) is 11.8. The van der Waals surface area contributed by atoms with Gasteiger partial charge in [-0.2, -0.15) is 0 Å². The molecule has 4 rings (SSSR count). The number of rotatable bonds is 2. The third-order valence-electron chi connectivity index (χ3n) is 4.47. The second-order valence-electron chi connectivity index (χ2n) is 6.07. The Morgan fingerprint density at radius 3 is 2.43 bits per heavy atom. The summed E-state index contributed by atoms with van der Waals surface area (Å²) in [7, 11) is 0. The van der Waals surface area contributed by atoms with E-state index in [2.05, 4.69) is 46.3 Å². The Balaban J connectivity index is 1.60. The van der Waals surface area contributed by atoms with Gasteiger partial charge >= 0.3 is 0 Å². The minimum absolute atomic E-state index is 0.0272. The molecule has 1 heterocycles. The molecule has 108 valence electrons. The van der Waals surface area contributed by atoms with E-state index in [0.717, 1.165) is 28.1 Å². The van der Waals surface area contributed by atoms with E-state index in [1.807, 2.05) is 12.1 Å². The van der Waals surface area contributed by atoms with E-state index in [9.17, 15) is 0 Å². The highest BCUT2D eigenvalue weighted by Crippen LogP contribution is 2.43. The third-order valence-corrected chi connectivity index (χ3v) is 4.96. The molecule has 0 aromatic heterocycles. The molecule has 1 saturated carbocycles. The van der Waals surface area contributed by atoms with Gasteiger partial charge in [-0.1, -0.05) is 40.2 Å². The van der Waals surface area contributed by atoms with Crippen molar-refractivity contribution in [2.24, 2.45) is 5.73 Å². The molecule has 0 saturated heterocycles. The number of halogens is 1. The first-order valence-corrected chi connectivity index (χ1v) is 8.31. The summed E-state index contributed by atoms with van der Waals surface area (Å²) >= 11 is 3.49. The topological polar surface area (TPSA) is 35.2 Å². The van der Waals surface area contributed by atoms with Crippen LogP contribution in [0.5, 0.6) is 5.75 Å². The average Bonchev–Trinajstić information content (AvgIpc) is 3.33. The van der Waals surface area contributed by atoms with Crippen LogP contribution in [-0.2, 0) is 0 Å². The predicted molar refractivity (Wildman–Crippen MR) is 87.5 cm³/mol. The Hall–Kier alpha value is -1.32. The van der Waals surface area contributed by atoms with Crippen molar-refractivity contribution in [2.75, 3.05) is 0 Å². The van der Waals surface area contributed by atoms with Gasteiger partial charge in [0, 0.05) is 22.5 Å². The van der Waals surface area contributed by atoms with Crippen LogP contribution >= 0.6 is 15.9 Å². The summed E-state index contributed by atoms with van der Waals surface area (Å²) in [6.07, 6.45) is 3.56. The molecule has 2 atom stereocenters. The highest BCUT2D eigenvalue weighted by Gasteiger charge is 2.28. The molecule has 1 fully saturated rings. The summed E-state index contributed by atoms with van der Waals surface area (Å²) in [4.78, 5) is 0. The van der Waals surface area contributed by atoms with Gasteiger partial charge in [-0.3, -0.25) is 0 Å². The Bertz CT molecular complexity index is 663. The van der Waals surface area contributed by atoms with Gasteiger partial charge in [-0.15, -0.1) is 0 Å². The van der Waals surface area contributed by atoms with Gasteiger partial charge in [-0.25, -0.2) is 0 Å². The van der Waals surface area contributed by atoms with Crippen molar-refractivity contribution in [3.05, 3.63) is 63.6 Å². The highest BCUT2D eigenvalue weighted by molar-refractivity contribution is 9.10. The summed E-state index contributed by atoms with van der Waals surface area (Å²) in [5.74, 6) is 1.71. The normalized spacial score (nSPS) is 24.3. The Kier molecular flexibility index (Phi) is 3.27. The maximum absolute atomic E-state index is 6.33. The predicted octanol–water partition coefficient (Wildman–Crippen LogP) is 4.85. The molecule has 2 nitrogen and oxygen atoms in total. The zero-order valence-corrected chi connectivity index (χ0v) is 13.3. The van der Waals surface area contributed by atoms with Gasteiger partial charge in [0.25, 0.3) is 0 Å². The quantitative estimate of drug-likeness (QED) is 0.845. The van der Waals surface area contributed by atoms with Gasteiger partial charge in [0.1, 0.15) is 11.9 Å². The Morgan fingerprint density at radius 2 is 1.71 bits per heavy atom. The number of ether oxygens (including phenoxy) is 1. The van der Waals surface area contributed by atoms with E-state index in [0.29, 0.717) is 0 Å². The van der Waals surface area contributed by atoms with Gasteiger partial charge in [-0.05, 0) is 48.1 Å².